The number of amides is 2. The van der Waals surface area contributed by atoms with Crippen LogP contribution in [-0.4, -0.2) is 81.1 Å². The van der Waals surface area contributed by atoms with Gasteiger partial charge < -0.3 is 30.9 Å². The molecule has 1 fully saturated rings. The molecule has 4 N–H and O–H groups in total. The molecule has 0 radical (unpaired) electrons. The van der Waals surface area contributed by atoms with Gasteiger partial charge in [0.2, 0.25) is 5.03 Å². The number of hydrogen-bond donors (Lipinski definition) is 3. The molecule has 2 aromatic heterocycles. The number of allylic oxidation sites excluding steroid dienone is 1. The highest BCUT2D eigenvalue weighted by Crippen LogP contribution is 2.39. The average molecular weight is 679 g/mol. The zero-order valence-electron chi connectivity index (χ0n) is 22.3. The molecule has 236 valence electrons. The van der Waals surface area contributed by atoms with E-state index in [4.69, 9.17) is 15.6 Å². The largest absolute Gasteiger partial charge is 0.542 e. The first-order valence-corrected chi connectivity index (χ1v) is 14.8. The van der Waals surface area contributed by atoms with Crippen LogP contribution in [0.5, 0.6) is 0 Å². The second-order valence-corrected chi connectivity index (χ2v) is 11.4. The number of hydrogen-bond acceptors (Lipinski definition) is 12. The van der Waals surface area contributed by atoms with Crippen LogP contribution in [0.15, 0.2) is 62.7 Å². The molecule has 0 bridgehead atoms. The molecule has 2 unspecified atom stereocenters. The Morgan fingerprint density at radius 2 is 2.09 bits per heavy atom. The van der Waals surface area contributed by atoms with Gasteiger partial charge in [-0.05, 0) is 12.1 Å². The molecule has 4 heterocycles. The van der Waals surface area contributed by atoms with Crippen molar-refractivity contribution in [3.8, 4) is 0 Å². The van der Waals surface area contributed by atoms with Crippen LogP contribution in [0.25, 0.3) is 0 Å². The van der Waals surface area contributed by atoms with Crippen LogP contribution in [0.2, 0.25) is 0 Å². The minimum absolute atomic E-state index is 0.0654. The van der Waals surface area contributed by atoms with Crippen LogP contribution >= 0.6 is 34.9 Å². The first kappa shape index (κ1) is 34.3. The number of anilines is 1. The summed E-state index contributed by atoms with van der Waals surface area (Å²) in [6.07, 6.45) is 0.291. The van der Waals surface area contributed by atoms with Crippen molar-refractivity contribution >= 4 is 69.5 Å². The number of aliphatic carboxylic acids is 2. The quantitative estimate of drug-likeness (QED) is 0.0796. The summed E-state index contributed by atoms with van der Waals surface area (Å²) in [6, 6.07) is 4.29. The number of thiazole rings is 1. The molecule has 2 aromatic rings. The number of nitrogens with zero attached hydrogens (tertiary/aromatic N) is 4. The number of aryl methyl sites for hydroxylation is 1. The molecule has 13 nitrogen and oxygen atoms in total. The van der Waals surface area contributed by atoms with Gasteiger partial charge in [0.05, 0.1) is 6.04 Å². The maximum Gasteiger partial charge on any atom is 0.430 e. The number of carboxylic acid groups (broad SMARTS) is 2. The van der Waals surface area contributed by atoms with Gasteiger partial charge in [-0.1, -0.05) is 23.0 Å². The summed E-state index contributed by atoms with van der Waals surface area (Å²) in [4.78, 5) is 56.6. The van der Waals surface area contributed by atoms with Crippen LogP contribution in [0, 0.1) is 0 Å². The van der Waals surface area contributed by atoms with Crippen molar-refractivity contribution < 1.29 is 56.4 Å². The second kappa shape index (κ2) is 15.0. The fraction of sp³-hybridized carbons (Fsp3) is 0.292. The Morgan fingerprint density at radius 3 is 2.66 bits per heavy atom. The van der Waals surface area contributed by atoms with E-state index in [1.165, 1.54) is 22.0 Å². The number of carbonyl (C=O) groups is 4. The van der Waals surface area contributed by atoms with Crippen molar-refractivity contribution in [1.82, 2.24) is 15.2 Å². The summed E-state index contributed by atoms with van der Waals surface area (Å²) in [6.45, 7) is -1.27. The second-order valence-electron chi connectivity index (χ2n) is 8.45. The molecule has 0 aromatic carbocycles. The summed E-state index contributed by atoms with van der Waals surface area (Å²) in [5.74, 6) is -4.67. The number of carboxylic acids is 2. The number of nitrogens with one attached hydrogen (secondary N) is 1. The molecule has 20 heteroatoms. The van der Waals surface area contributed by atoms with E-state index < -0.39 is 48.9 Å². The maximum atomic E-state index is 12.9. The number of carbonyl (C=O) groups excluding carboxylic acids is 3. The molecule has 0 aliphatic carbocycles. The van der Waals surface area contributed by atoms with Gasteiger partial charge in [-0.15, -0.1) is 23.1 Å². The molecule has 0 spiro atoms. The number of nitrogens with two attached hydrogens (primary N) is 1. The summed E-state index contributed by atoms with van der Waals surface area (Å²) < 4.78 is 46.0. The SMILES string of the molecule is C[n+]1ccccc1SC/C=C/C1=C(C(=O)O)N2C(=O)C(NC(=O)C(=NOCF)c3csc(N)n3)C2CS1.O=C([O-])C(F)(F)F. The van der Waals surface area contributed by atoms with Crippen molar-refractivity contribution in [1.29, 1.82) is 0 Å². The Labute approximate surface area is 258 Å². The summed E-state index contributed by atoms with van der Waals surface area (Å²) in [5, 5.41) is 27.3. The number of β-lactam (4-membered cyclic amide) rings is 1. The number of rotatable bonds is 10. The maximum absolute atomic E-state index is 12.9. The monoisotopic (exact) mass is 678 g/mol. The highest BCUT2D eigenvalue weighted by atomic mass is 32.2. The Hall–Kier alpha value is -4.17. The lowest BCUT2D eigenvalue weighted by molar-refractivity contribution is -0.708. The normalized spacial score (nSPS) is 18.2. The van der Waals surface area contributed by atoms with E-state index in [9.17, 15) is 37.1 Å². The number of alkyl halides is 4. The van der Waals surface area contributed by atoms with Crippen molar-refractivity contribution in [3.05, 3.63) is 58.2 Å². The van der Waals surface area contributed by atoms with Crippen LogP contribution in [-0.2, 0) is 31.1 Å². The summed E-state index contributed by atoms with van der Waals surface area (Å²) in [7, 11) is 1.94. The molecular weight excluding hydrogens is 656 g/mol. The van der Waals surface area contributed by atoms with E-state index in [0.29, 0.717) is 16.4 Å². The van der Waals surface area contributed by atoms with Crippen LogP contribution in [0.1, 0.15) is 5.69 Å². The molecule has 0 saturated carbocycles. The number of fused-ring (bicyclic) bond motifs is 1. The minimum atomic E-state index is -5.19. The van der Waals surface area contributed by atoms with E-state index in [1.807, 2.05) is 42.1 Å². The molecule has 2 atom stereocenters. The zero-order chi connectivity index (χ0) is 32.6. The van der Waals surface area contributed by atoms with E-state index in [0.717, 1.165) is 16.4 Å². The van der Waals surface area contributed by atoms with Crippen LogP contribution in [0.3, 0.4) is 0 Å². The number of aromatic nitrogens is 2. The van der Waals surface area contributed by atoms with Gasteiger partial charge in [0, 0.05) is 33.9 Å². The minimum Gasteiger partial charge on any atom is -0.542 e. The molecule has 2 aliphatic rings. The van der Waals surface area contributed by atoms with Gasteiger partial charge in [0.1, 0.15) is 30.4 Å². The van der Waals surface area contributed by atoms with Gasteiger partial charge in [-0.2, -0.15) is 17.7 Å². The summed E-state index contributed by atoms with van der Waals surface area (Å²) in [5.41, 5.74) is 5.19. The summed E-state index contributed by atoms with van der Waals surface area (Å²) >= 11 is 3.93. The van der Waals surface area contributed by atoms with Gasteiger partial charge >= 0.3 is 12.1 Å². The van der Waals surface area contributed by atoms with E-state index in [2.05, 4.69) is 20.3 Å². The zero-order valence-corrected chi connectivity index (χ0v) is 24.8. The van der Waals surface area contributed by atoms with Crippen molar-refractivity contribution in [3.63, 3.8) is 0 Å². The Balaban J connectivity index is 0.000000676. The lowest BCUT2D eigenvalue weighted by Gasteiger charge is -2.49. The van der Waals surface area contributed by atoms with Crippen molar-refractivity contribution in [2.75, 3.05) is 24.1 Å². The van der Waals surface area contributed by atoms with Crippen LogP contribution < -0.4 is 20.7 Å². The fourth-order valence-electron chi connectivity index (χ4n) is 3.69. The lowest BCUT2D eigenvalue weighted by Crippen LogP contribution is -2.73. The van der Waals surface area contributed by atoms with Gasteiger partial charge in [0.15, 0.2) is 17.0 Å². The van der Waals surface area contributed by atoms with E-state index in [1.54, 1.807) is 17.8 Å². The predicted molar refractivity (Wildman–Crippen MR) is 148 cm³/mol. The smallest absolute Gasteiger partial charge is 0.430 e. The first-order valence-electron chi connectivity index (χ1n) is 12.0. The number of nitrogen functional groups attached to an aromatic ring is 1. The highest BCUT2D eigenvalue weighted by molar-refractivity contribution is 8.03. The molecule has 44 heavy (non-hydrogen) atoms. The highest BCUT2D eigenvalue weighted by Gasteiger charge is 2.54. The lowest BCUT2D eigenvalue weighted by atomic mass is 9.94. The molecule has 4 rings (SSSR count). The Bertz CT molecular complexity index is 1510. The molecule has 2 amide bonds. The molecule has 2 aliphatic heterocycles. The third-order valence-corrected chi connectivity index (χ3v) is 8.51. The average Bonchev–Trinajstić information content (AvgIpc) is 3.39. The number of thioether (sulfide) groups is 2. The predicted octanol–water partition coefficient (Wildman–Crippen LogP) is 0.583. The topological polar surface area (TPSA) is 191 Å². The van der Waals surface area contributed by atoms with Crippen LogP contribution in [0.4, 0.5) is 22.7 Å². The fourth-order valence-corrected chi connectivity index (χ4v) is 6.25. The molecular formula is C24H22F4N6O7S3. The Kier molecular flexibility index (Phi) is 11.7. The molecule has 1 saturated heterocycles. The number of halogens is 4. The van der Waals surface area contributed by atoms with Gasteiger partial charge in [-0.25, -0.2) is 14.2 Å². The van der Waals surface area contributed by atoms with Gasteiger partial charge in [0.25, 0.3) is 18.7 Å². The number of pyridine rings is 1. The van der Waals surface area contributed by atoms with Crippen molar-refractivity contribution in [2.45, 2.75) is 23.3 Å². The number of oxime groups is 1. The first-order chi connectivity index (χ1) is 20.8. The third-order valence-electron chi connectivity index (χ3n) is 5.61. The van der Waals surface area contributed by atoms with E-state index in [-0.39, 0.29) is 22.2 Å². The third kappa shape index (κ3) is 8.47. The Morgan fingerprint density at radius 1 is 1.39 bits per heavy atom. The van der Waals surface area contributed by atoms with Crippen molar-refractivity contribution in [2.24, 2.45) is 12.2 Å². The van der Waals surface area contributed by atoms with E-state index >= 15 is 0 Å². The van der Waals surface area contributed by atoms with Gasteiger partial charge in [-0.3, -0.25) is 14.5 Å². The standard InChI is InChI=1S/C22H21FN6O5S3.C2HF3O2/c1-28-7-3-2-6-15(28)35-8-4-5-14-18(21(32)33)29-13(10-36-14)17(20(29)31)26-19(30)16(27-34-11-23)12-9-37-22(24)25-12;3-2(4,5)1(6)7/h2-7,9,13,17H,8,10-11H2,1H3,(H3-,24,25,26,30,32,33);(H,6,7)/b5-4+,27-16?;.